The molecule has 0 atom stereocenters. The second-order valence-corrected chi connectivity index (χ2v) is 9.09. The van der Waals surface area contributed by atoms with E-state index < -0.39 is 0 Å². The largest absolute Gasteiger partial charge is 0.378 e. The average Bonchev–Trinajstić information content (AvgIpc) is 2.68. The highest BCUT2D eigenvalue weighted by Crippen LogP contribution is 2.40. The number of aryl methyl sites for hydroxylation is 1. The first kappa shape index (κ1) is 19.3. The Hall–Kier alpha value is -3.07. The maximum atomic E-state index is 8.14. The maximum Gasteiger partial charge on any atom is 0.0561 e. The first-order chi connectivity index (χ1) is 13.7. The van der Waals surface area contributed by atoms with E-state index in [0.29, 0.717) is 5.36 Å². The predicted molar refractivity (Wildman–Crippen MR) is 124 cm³/mol. The topological polar surface area (TPSA) is 32.0 Å². The van der Waals surface area contributed by atoms with Gasteiger partial charge in [0.15, 0.2) is 0 Å². The number of benzene rings is 3. The Bertz CT molecular complexity index is 1220. The molecule has 0 spiro atoms. The normalized spacial score (nSPS) is 11.9. The predicted octanol–water partition coefficient (Wildman–Crippen LogP) is 5.79. The molecular formula is C26H29N3. The van der Waals surface area contributed by atoms with Gasteiger partial charge in [-0.3, -0.25) is 0 Å². The molecule has 0 radical (unpaired) electrons. The lowest BCUT2D eigenvalue weighted by molar-refractivity contribution is 0.590. The fourth-order valence-electron chi connectivity index (χ4n) is 4.03. The van der Waals surface area contributed by atoms with Crippen molar-refractivity contribution in [3.63, 3.8) is 0 Å². The van der Waals surface area contributed by atoms with Crippen molar-refractivity contribution in [2.45, 2.75) is 26.2 Å². The van der Waals surface area contributed by atoms with E-state index in [-0.39, 0.29) is 5.41 Å². The number of pyridine rings is 1. The molecule has 3 nitrogen and oxygen atoms in total. The van der Waals surface area contributed by atoms with Gasteiger partial charge < -0.3 is 14.9 Å². The standard InChI is InChI=1S/C26H29N3/c1-26(2,3)18-9-7-17(8-10-18)25-21-13-11-19(27)15-23(21)29(6)24-16-20(28(4)5)12-14-22(24)25/h7-16,27H,1-6H3. The van der Waals surface area contributed by atoms with E-state index in [1.807, 2.05) is 12.1 Å². The zero-order valence-electron chi connectivity index (χ0n) is 18.2. The number of fused-ring (bicyclic) bond motifs is 2. The number of nitrogens with one attached hydrogen (secondary N) is 1. The van der Waals surface area contributed by atoms with E-state index in [1.165, 1.54) is 38.8 Å². The first-order valence-electron chi connectivity index (χ1n) is 10.1. The number of rotatable bonds is 2. The monoisotopic (exact) mass is 383 g/mol. The Morgan fingerprint density at radius 2 is 1.55 bits per heavy atom. The van der Waals surface area contributed by atoms with E-state index in [4.69, 9.17) is 5.41 Å². The summed E-state index contributed by atoms with van der Waals surface area (Å²) in [6, 6.07) is 21.5. The van der Waals surface area contributed by atoms with Crippen molar-refractivity contribution in [3.05, 3.63) is 71.6 Å². The van der Waals surface area contributed by atoms with Crippen LogP contribution in [0.5, 0.6) is 0 Å². The molecule has 1 N–H and O–H groups in total. The summed E-state index contributed by atoms with van der Waals surface area (Å²) < 4.78 is 2.21. The van der Waals surface area contributed by atoms with E-state index in [2.05, 4.69) is 99.9 Å². The number of hydrogen-bond acceptors (Lipinski definition) is 2. The molecule has 0 fully saturated rings. The molecule has 0 saturated carbocycles. The van der Waals surface area contributed by atoms with E-state index in [1.54, 1.807) is 0 Å². The summed E-state index contributed by atoms with van der Waals surface area (Å²) in [5, 5.41) is 9.90. The summed E-state index contributed by atoms with van der Waals surface area (Å²) in [6.45, 7) is 6.73. The highest BCUT2D eigenvalue weighted by atomic mass is 15.1. The molecule has 1 aliphatic heterocycles. The van der Waals surface area contributed by atoms with Crippen LogP contribution in [0.4, 0.5) is 5.69 Å². The minimum Gasteiger partial charge on any atom is -0.378 e. The van der Waals surface area contributed by atoms with Crippen molar-refractivity contribution < 1.29 is 0 Å². The van der Waals surface area contributed by atoms with Crippen molar-refractivity contribution in [2.24, 2.45) is 7.05 Å². The van der Waals surface area contributed by atoms with Crippen LogP contribution in [-0.4, -0.2) is 18.7 Å². The molecule has 0 amide bonds. The van der Waals surface area contributed by atoms with Gasteiger partial charge in [-0.15, -0.1) is 0 Å². The third-order valence-electron chi connectivity index (χ3n) is 5.80. The van der Waals surface area contributed by atoms with Crippen LogP contribution in [0.1, 0.15) is 26.3 Å². The molecule has 0 saturated heterocycles. The fraction of sp³-hybridized carbons (Fsp3) is 0.269. The van der Waals surface area contributed by atoms with Crippen molar-refractivity contribution in [1.82, 2.24) is 4.57 Å². The third kappa shape index (κ3) is 3.31. The quantitative estimate of drug-likeness (QED) is 0.436. The smallest absolute Gasteiger partial charge is 0.0561 e. The number of aromatic nitrogens is 1. The number of anilines is 1. The highest BCUT2D eigenvalue weighted by Gasteiger charge is 2.19. The van der Waals surface area contributed by atoms with Gasteiger partial charge >= 0.3 is 0 Å². The molecule has 2 aromatic carbocycles. The van der Waals surface area contributed by atoms with Gasteiger partial charge in [-0.2, -0.15) is 0 Å². The highest BCUT2D eigenvalue weighted by molar-refractivity contribution is 6.04. The second kappa shape index (κ2) is 6.77. The van der Waals surface area contributed by atoms with Crippen LogP contribution < -0.4 is 10.3 Å². The van der Waals surface area contributed by atoms with Gasteiger partial charge in [0, 0.05) is 43.3 Å². The molecule has 2 aliphatic rings. The Kier molecular flexibility index (Phi) is 4.49. The van der Waals surface area contributed by atoms with Crippen molar-refractivity contribution >= 4 is 16.6 Å². The summed E-state index contributed by atoms with van der Waals surface area (Å²) in [7, 11) is 6.22. The average molecular weight is 384 g/mol. The summed E-state index contributed by atoms with van der Waals surface area (Å²) in [5.41, 5.74) is 8.51. The molecule has 4 rings (SSSR count). The van der Waals surface area contributed by atoms with Gasteiger partial charge in [-0.25, -0.2) is 0 Å². The molecule has 0 unspecified atom stereocenters. The van der Waals surface area contributed by atoms with Gasteiger partial charge in [0.1, 0.15) is 0 Å². The zero-order valence-corrected chi connectivity index (χ0v) is 18.2. The third-order valence-corrected chi connectivity index (χ3v) is 5.80. The molecule has 148 valence electrons. The fourth-order valence-corrected chi connectivity index (χ4v) is 4.03. The number of nitrogens with zero attached hydrogens (tertiary/aromatic N) is 2. The first-order valence-corrected chi connectivity index (χ1v) is 10.1. The molecule has 0 bridgehead atoms. The Morgan fingerprint density at radius 1 is 0.862 bits per heavy atom. The van der Waals surface area contributed by atoms with Crippen LogP contribution in [0.15, 0.2) is 60.7 Å². The van der Waals surface area contributed by atoms with Gasteiger partial charge in [0.2, 0.25) is 0 Å². The van der Waals surface area contributed by atoms with E-state index in [9.17, 15) is 0 Å². The lowest BCUT2D eigenvalue weighted by Crippen LogP contribution is -2.11. The van der Waals surface area contributed by atoms with Crippen molar-refractivity contribution in [1.29, 1.82) is 5.41 Å². The van der Waals surface area contributed by atoms with Crippen LogP contribution in [0.25, 0.3) is 33.3 Å². The molecule has 1 aliphatic carbocycles. The van der Waals surface area contributed by atoms with Crippen LogP contribution in [0.3, 0.4) is 0 Å². The Labute approximate surface area is 173 Å². The molecule has 0 aromatic heterocycles. The Balaban J connectivity index is 2.08. The van der Waals surface area contributed by atoms with Gasteiger partial charge in [0.05, 0.1) is 16.6 Å². The second-order valence-electron chi connectivity index (χ2n) is 9.09. The minimum absolute atomic E-state index is 0.131. The van der Waals surface area contributed by atoms with Gasteiger partial charge in [-0.05, 0) is 40.8 Å². The summed E-state index contributed by atoms with van der Waals surface area (Å²) >= 11 is 0. The molecule has 2 aromatic rings. The molecule has 3 heteroatoms. The molecule has 1 heterocycles. The number of hydrogen-bond donors (Lipinski definition) is 1. The van der Waals surface area contributed by atoms with Gasteiger partial charge in [-0.1, -0.05) is 57.2 Å². The summed E-state index contributed by atoms with van der Waals surface area (Å²) in [6.07, 6.45) is 0. The van der Waals surface area contributed by atoms with Crippen molar-refractivity contribution in [3.8, 4) is 22.4 Å². The van der Waals surface area contributed by atoms with Crippen LogP contribution in [-0.2, 0) is 12.5 Å². The summed E-state index contributed by atoms with van der Waals surface area (Å²) in [5.74, 6) is 0. The lowest BCUT2D eigenvalue weighted by Gasteiger charge is -2.24. The van der Waals surface area contributed by atoms with E-state index in [0.717, 1.165) is 5.69 Å². The van der Waals surface area contributed by atoms with Crippen LogP contribution >= 0.6 is 0 Å². The van der Waals surface area contributed by atoms with Gasteiger partial charge in [0.25, 0.3) is 0 Å². The minimum atomic E-state index is 0.131. The van der Waals surface area contributed by atoms with E-state index >= 15 is 0 Å². The van der Waals surface area contributed by atoms with Crippen LogP contribution in [0, 0.1) is 5.41 Å². The molecular weight excluding hydrogens is 354 g/mol. The van der Waals surface area contributed by atoms with Crippen LogP contribution in [0.2, 0.25) is 0 Å². The lowest BCUT2D eigenvalue weighted by atomic mass is 9.85. The maximum absolute atomic E-state index is 8.14. The molecule has 29 heavy (non-hydrogen) atoms. The van der Waals surface area contributed by atoms with Crippen molar-refractivity contribution in [2.75, 3.05) is 19.0 Å². The SMILES string of the molecule is CN(C)c1ccc2c(-c3ccc(C(C)(C)C)cc3)c3ccc(=N)cc-3n(C)c2c1. The Morgan fingerprint density at radius 3 is 2.17 bits per heavy atom. The summed E-state index contributed by atoms with van der Waals surface area (Å²) in [4.78, 5) is 2.13. The zero-order chi connectivity index (χ0) is 20.9.